The summed E-state index contributed by atoms with van der Waals surface area (Å²) in [6, 6.07) is 50.8. The van der Waals surface area contributed by atoms with Gasteiger partial charge in [0.05, 0.1) is 45.2 Å². The number of hydrogen-bond donors (Lipinski definition) is 0. The van der Waals surface area contributed by atoms with Gasteiger partial charge in [-0.1, -0.05) is 303 Å². The lowest BCUT2D eigenvalue weighted by Crippen LogP contribution is -1.87. The molecule has 128 heavy (non-hydrogen) atoms. The quantitative estimate of drug-likeness (QED) is 0.142. The summed E-state index contributed by atoms with van der Waals surface area (Å²) in [4.78, 5) is 0. The van der Waals surface area contributed by atoms with Crippen molar-refractivity contribution in [1.29, 1.82) is 0 Å². The van der Waals surface area contributed by atoms with Gasteiger partial charge >= 0.3 is 0 Å². The van der Waals surface area contributed by atoms with Gasteiger partial charge in [-0.3, -0.25) is 0 Å². The van der Waals surface area contributed by atoms with Crippen LogP contribution in [0.1, 0.15) is 45.2 Å². The molecule has 26 aromatic carbocycles. The largest absolute Gasteiger partial charge is 0.456 e. The van der Waals surface area contributed by atoms with Crippen LogP contribution in [0.4, 0.5) is 0 Å². The SMILES string of the molecule is [2H]c1c([2H])c(-c2c([2H])c([2H])c3oc4c([2H])c([2H])c(-c5ccc6ccc7cccc8ccc5c6c78)c([2H])c4c3c2[2H])c([2H])c(-c2c([2H])c([2H])c3oc4c([2H])c([2H])c(-c5ccc6ccc7cccc8ccc5c6c78)c([2H])c4c3c2[2H])c1[2H].[2H]c1c([2H])c2c([2H])c([2H])c3c([2H])cc(-c4ccc5oc6ccc(-c7cccc(-c8ccc9oc%10ccc(-c%11c([2H])c([2H])c%12c([2H])c([2H])c%13c([2H])c([2H])c([2H])c%14c([2H])c([2H])c%11c%12c%13%14)cc%10c9c8)c7)cc6c5c4)c4c([2H])c([2H])c(c1[2H])c2c34. The van der Waals surface area contributed by atoms with Crippen molar-refractivity contribution in [3.63, 3.8) is 0 Å². The van der Waals surface area contributed by atoms with Gasteiger partial charge in [0.2, 0.25) is 0 Å². The third kappa shape index (κ3) is 10.3. The highest BCUT2D eigenvalue weighted by Crippen LogP contribution is 2.49. The molecule has 0 atom stereocenters. The molecule has 4 nitrogen and oxygen atoms in total. The fourth-order valence-electron chi connectivity index (χ4n) is 19.6. The fraction of sp³-hybridized carbons (Fsp3) is 0. The highest BCUT2D eigenvalue weighted by atomic mass is 16.3. The molecule has 0 aliphatic heterocycles. The van der Waals surface area contributed by atoms with Crippen molar-refractivity contribution in [1.82, 2.24) is 0 Å². The first-order valence-electron chi connectivity index (χ1n) is 57.9. The molecule has 30 rings (SSSR count). The van der Waals surface area contributed by atoms with Gasteiger partial charge in [0.1, 0.15) is 44.7 Å². The van der Waals surface area contributed by atoms with Gasteiger partial charge in [-0.05, 0) is 327 Å². The average Bonchev–Trinajstić information content (AvgIpc) is 1.08. The summed E-state index contributed by atoms with van der Waals surface area (Å²) in [6.07, 6.45) is 0. The molecular weight excluding hydrogens is 1550 g/mol. The van der Waals surface area contributed by atoms with Gasteiger partial charge in [-0.15, -0.1) is 0 Å². The lowest BCUT2D eigenvalue weighted by Gasteiger charge is -2.14. The second-order valence-electron chi connectivity index (χ2n) is 32.4. The predicted octanol–water partition coefficient (Wildman–Crippen LogP) is 35.9. The van der Waals surface area contributed by atoms with E-state index >= 15 is 0 Å². The summed E-state index contributed by atoms with van der Waals surface area (Å²) in [6.45, 7) is 0. The smallest absolute Gasteiger partial charge is 0.135 e. The van der Waals surface area contributed by atoms with E-state index in [1.165, 1.54) is 6.07 Å². The van der Waals surface area contributed by atoms with E-state index < -0.39 is 149 Å². The maximum Gasteiger partial charge on any atom is 0.135 e. The summed E-state index contributed by atoms with van der Waals surface area (Å²) in [5.74, 6) is 0. The highest BCUT2D eigenvalue weighted by Gasteiger charge is 2.23. The normalized spacial score (nSPS) is 16.0. The minimum Gasteiger partial charge on any atom is -0.456 e. The Balaban J connectivity index is 0.000000148. The Kier molecular flexibility index (Phi) is 9.35. The van der Waals surface area contributed by atoms with Gasteiger partial charge in [-0.2, -0.15) is 0 Å². The van der Waals surface area contributed by atoms with Gasteiger partial charge in [-0.25, -0.2) is 0 Å². The molecule has 4 heteroatoms. The van der Waals surface area contributed by atoms with Crippen LogP contribution < -0.4 is 0 Å². The molecule has 30 aromatic rings. The molecule has 588 valence electrons. The predicted molar refractivity (Wildman–Crippen MR) is 540 cm³/mol. The topological polar surface area (TPSA) is 52.6 Å². The monoisotopic (exact) mass is 1650 g/mol. The lowest BCUT2D eigenvalue weighted by atomic mass is 9.89. The number of hydrogen-bond acceptors (Lipinski definition) is 4. The maximum atomic E-state index is 9.84. The van der Waals surface area contributed by atoms with E-state index in [1.807, 2.05) is 164 Å². The Morgan fingerprint density at radius 3 is 0.914 bits per heavy atom. The molecule has 0 N–H and O–H groups in total. The minimum atomic E-state index is -0.842. The Bertz CT molecular complexity index is 11800. The van der Waals surface area contributed by atoms with E-state index in [1.54, 1.807) is 36.4 Å². The van der Waals surface area contributed by atoms with Crippen LogP contribution in [0.15, 0.2) is 429 Å². The zero-order valence-corrected chi connectivity index (χ0v) is 66.3. The number of furan rings is 4. The number of fused-ring (bicyclic) bond motifs is 12. The summed E-state index contributed by atoms with van der Waals surface area (Å²) in [7, 11) is 0. The molecule has 0 aliphatic rings. The molecule has 0 radical (unpaired) electrons. The van der Waals surface area contributed by atoms with Crippen LogP contribution in [-0.4, -0.2) is 0 Å². The second-order valence-corrected chi connectivity index (χ2v) is 32.4. The van der Waals surface area contributed by atoms with Crippen LogP contribution in [0.3, 0.4) is 0 Å². The summed E-state index contributed by atoms with van der Waals surface area (Å²) < 4.78 is 328. The molecule has 0 spiro atoms. The van der Waals surface area contributed by atoms with E-state index in [2.05, 4.69) is 6.07 Å². The molecule has 0 aliphatic carbocycles. The summed E-state index contributed by atoms with van der Waals surface area (Å²) >= 11 is 0. The van der Waals surface area contributed by atoms with Crippen molar-refractivity contribution in [3.8, 4) is 89.0 Å². The molecular formula is C124H68O4. The van der Waals surface area contributed by atoms with Crippen molar-refractivity contribution in [2.24, 2.45) is 0 Å². The van der Waals surface area contributed by atoms with Crippen LogP contribution in [-0.2, 0) is 0 Å². The number of rotatable bonds is 8. The lowest BCUT2D eigenvalue weighted by molar-refractivity contribution is 0.668. The minimum absolute atomic E-state index is 0.0388. The van der Waals surface area contributed by atoms with Crippen LogP contribution in [0.2, 0.25) is 0 Å². The second kappa shape index (κ2) is 26.3. The van der Waals surface area contributed by atoms with Gasteiger partial charge in [0.25, 0.3) is 0 Å². The van der Waals surface area contributed by atoms with E-state index in [9.17, 15) is 27.4 Å². The zero-order chi connectivity index (χ0) is 112. The average molecular weight is 1660 g/mol. The van der Waals surface area contributed by atoms with E-state index in [0.717, 1.165) is 92.3 Å². The highest BCUT2D eigenvalue weighted by molar-refractivity contribution is 6.31. The van der Waals surface area contributed by atoms with Gasteiger partial charge < -0.3 is 17.7 Å². The molecule has 4 aromatic heterocycles. The van der Waals surface area contributed by atoms with Crippen LogP contribution in [0, 0.1) is 0 Å². The van der Waals surface area contributed by atoms with Gasteiger partial charge in [0, 0.05) is 43.1 Å². The van der Waals surface area contributed by atoms with Crippen molar-refractivity contribution < 1.29 is 62.9 Å². The first-order valence-corrected chi connectivity index (χ1v) is 41.4. The van der Waals surface area contributed by atoms with Crippen LogP contribution >= 0.6 is 0 Å². The molecule has 0 amide bonds. The third-order valence-corrected chi connectivity index (χ3v) is 25.5. The Labute approximate surface area is 777 Å². The van der Waals surface area contributed by atoms with Crippen LogP contribution in [0.25, 0.3) is 306 Å². The third-order valence-electron chi connectivity index (χ3n) is 25.5. The molecule has 0 unspecified atom stereocenters. The van der Waals surface area contributed by atoms with E-state index in [0.29, 0.717) is 66.3 Å². The molecule has 0 fully saturated rings. The van der Waals surface area contributed by atoms with Gasteiger partial charge in [0.15, 0.2) is 0 Å². The van der Waals surface area contributed by atoms with E-state index in [-0.39, 0.29) is 198 Å². The summed E-state index contributed by atoms with van der Waals surface area (Å²) in [5.41, 5.74) is 4.67. The molecule has 0 bridgehead atoms. The fourth-order valence-corrected chi connectivity index (χ4v) is 19.6. The zero-order valence-electron chi connectivity index (χ0n) is 99.3. The first-order chi connectivity index (χ1) is 77.2. The van der Waals surface area contributed by atoms with E-state index in [4.69, 9.17) is 35.5 Å². The van der Waals surface area contributed by atoms with Crippen molar-refractivity contribution >= 4 is 217 Å². The molecule has 0 saturated carbocycles. The Morgan fingerprint density at radius 2 is 0.445 bits per heavy atom. The standard InChI is InChI=1S/2C62H34O2/c2*1-4-35-10-12-39-14-22-47(49-24-16-37(6-1)59(35)61(39)49)45-20-28-57-53(33-45)51-31-43(18-26-55(51)63-57)41-8-3-9-42(30-41)44-19-27-56-52(32-44)54-34-46(21-29-58(54)64-56)48-23-15-40-13-11-36-5-2-7-38-17-25-50(48)62(40)60(36)38/h2*1-34H/i1D,2D,4D,5D,6D,7D,10D,11D,12D,13D,14D,15D,16D,17D,22D,24D,25D;3D,8D,9D,18D,19D,20D,21D,26D,27D,28D,29D,30D,31D,32D,33D,34D. The van der Waals surface area contributed by atoms with Crippen molar-refractivity contribution in [3.05, 3.63) is 412 Å². The van der Waals surface area contributed by atoms with Crippen molar-refractivity contribution in [2.75, 3.05) is 0 Å². The molecule has 4 heterocycles. The summed E-state index contributed by atoms with van der Waals surface area (Å²) in [5, 5.41) is 13.6. The number of benzene rings is 26. The first kappa shape index (κ1) is 45.5. The Hall–Kier alpha value is -16.9. The Morgan fingerprint density at radius 1 is 0.141 bits per heavy atom. The maximum absolute atomic E-state index is 9.84. The molecule has 0 saturated heterocycles. The van der Waals surface area contributed by atoms with Crippen LogP contribution in [0.5, 0.6) is 0 Å². The van der Waals surface area contributed by atoms with Crippen molar-refractivity contribution in [2.45, 2.75) is 0 Å².